The molecular weight excluding hydrogens is 1070 g/mol. The lowest BCUT2D eigenvalue weighted by molar-refractivity contribution is 0.595. The third kappa shape index (κ3) is 6.88. The van der Waals surface area contributed by atoms with Gasteiger partial charge in [-0.2, -0.15) is 0 Å². The Morgan fingerprint density at radius 1 is 0.341 bits per heavy atom. The number of allylic oxidation sites excluding steroid dienone is 1. The van der Waals surface area contributed by atoms with Crippen LogP contribution in [0.25, 0.3) is 137 Å². The molecule has 0 spiro atoms. The van der Waals surface area contributed by atoms with Crippen molar-refractivity contribution in [3.63, 3.8) is 0 Å². The minimum atomic E-state index is 0.867. The molecule has 418 valence electrons. The van der Waals surface area contributed by atoms with Crippen LogP contribution in [0.15, 0.2) is 257 Å². The Morgan fingerprint density at radius 3 is 1.40 bits per heavy atom. The highest BCUT2D eigenvalue weighted by Crippen LogP contribution is 2.53. The van der Waals surface area contributed by atoms with E-state index >= 15 is 0 Å². The Morgan fingerprint density at radius 2 is 0.807 bits per heavy atom. The van der Waals surface area contributed by atoms with Crippen LogP contribution in [-0.2, 0) is 0 Å². The number of nitrogens with zero attached hydrogens (tertiary/aromatic N) is 4. The zero-order chi connectivity index (χ0) is 58.8. The Hall–Kier alpha value is -11.1. The van der Waals surface area contributed by atoms with Gasteiger partial charge in [0.2, 0.25) is 0 Å². The predicted molar refractivity (Wildman–Crippen MR) is 371 cm³/mol. The van der Waals surface area contributed by atoms with Crippen molar-refractivity contribution in [3.8, 4) is 22.3 Å². The van der Waals surface area contributed by atoms with E-state index in [2.05, 4.69) is 303 Å². The lowest BCUT2D eigenvalue weighted by atomic mass is 9.98. The zero-order valence-corrected chi connectivity index (χ0v) is 49.7. The fourth-order valence-electron chi connectivity index (χ4n) is 15.2. The molecule has 0 aliphatic heterocycles. The molecule has 0 unspecified atom stereocenters. The van der Waals surface area contributed by atoms with Crippen molar-refractivity contribution in [1.29, 1.82) is 0 Å². The fraction of sp³-hybridized carbons (Fsp3) is 0.0732. The molecule has 0 bridgehead atoms. The van der Waals surface area contributed by atoms with E-state index in [9.17, 15) is 0 Å². The molecule has 0 atom stereocenters. The summed E-state index contributed by atoms with van der Waals surface area (Å²) in [5.74, 6) is 0.867. The molecule has 6 nitrogen and oxygen atoms in total. The van der Waals surface area contributed by atoms with Crippen molar-refractivity contribution in [2.24, 2.45) is 0 Å². The first-order chi connectivity index (χ1) is 43.2. The molecule has 0 radical (unpaired) electrons. The second-order valence-electron chi connectivity index (χ2n) is 24.3. The fourth-order valence-corrected chi connectivity index (χ4v) is 15.2. The van der Waals surface area contributed by atoms with Gasteiger partial charge in [-0.25, -0.2) is 0 Å². The molecule has 0 aliphatic rings. The van der Waals surface area contributed by atoms with Crippen LogP contribution < -0.4 is 9.80 Å². The van der Waals surface area contributed by atoms with Crippen LogP contribution in [0.5, 0.6) is 0 Å². The molecule has 12 aromatic carbocycles. The lowest BCUT2D eigenvalue weighted by Gasteiger charge is -2.29. The summed E-state index contributed by atoms with van der Waals surface area (Å²) in [7, 11) is 0. The molecule has 6 heteroatoms. The quantitative estimate of drug-likeness (QED) is 0.144. The number of anilines is 5. The number of fused-ring (bicyclic) bond motifs is 16. The first-order valence-corrected chi connectivity index (χ1v) is 30.5. The molecule has 18 rings (SSSR count). The van der Waals surface area contributed by atoms with E-state index in [0.29, 0.717) is 0 Å². The van der Waals surface area contributed by atoms with Crippen LogP contribution in [-0.4, -0.2) is 8.80 Å². The van der Waals surface area contributed by atoms with Gasteiger partial charge in [0, 0.05) is 87.3 Å². The number of aromatic nitrogens is 2. The maximum atomic E-state index is 7.28. The van der Waals surface area contributed by atoms with Crippen LogP contribution in [0.1, 0.15) is 41.9 Å². The summed E-state index contributed by atoms with van der Waals surface area (Å²) in [6.07, 6.45) is 0. The number of aryl methyl sites for hydroxylation is 4. The van der Waals surface area contributed by atoms with Crippen molar-refractivity contribution in [1.82, 2.24) is 8.80 Å². The maximum Gasteiger partial charge on any atom is 0.159 e. The molecule has 0 saturated heterocycles. The van der Waals surface area contributed by atoms with Crippen molar-refractivity contribution >= 4 is 143 Å². The zero-order valence-electron chi connectivity index (χ0n) is 49.7. The average molecular weight is 1130 g/mol. The molecule has 0 N–H and O–H groups in total. The van der Waals surface area contributed by atoms with Crippen molar-refractivity contribution in [2.75, 3.05) is 9.80 Å². The number of hydrogen-bond acceptors (Lipinski definition) is 4. The van der Waals surface area contributed by atoms with E-state index in [1.807, 2.05) is 0 Å². The van der Waals surface area contributed by atoms with Gasteiger partial charge in [0.05, 0.1) is 55.9 Å². The monoisotopic (exact) mass is 1130 g/mol. The summed E-state index contributed by atoms with van der Waals surface area (Å²) in [6, 6.07) is 88.9. The second kappa shape index (κ2) is 18.7. The van der Waals surface area contributed by atoms with E-state index in [4.69, 9.17) is 8.83 Å². The summed E-state index contributed by atoms with van der Waals surface area (Å²) in [5.41, 5.74) is 26.5. The highest BCUT2D eigenvalue weighted by atomic mass is 16.3. The van der Waals surface area contributed by atoms with Crippen LogP contribution in [0.2, 0.25) is 0 Å². The summed E-state index contributed by atoms with van der Waals surface area (Å²) in [4.78, 5) is 4.90. The normalized spacial score (nSPS) is 12.2. The van der Waals surface area contributed by atoms with Crippen LogP contribution in [0, 0.1) is 27.7 Å². The highest BCUT2D eigenvalue weighted by Gasteiger charge is 2.31. The van der Waals surface area contributed by atoms with E-state index in [0.717, 1.165) is 112 Å². The first-order valence-electron chi connectivity index (χ1n) is 30.5. The van der Waals surface area contributed by atoms with E-state index in [1.54, 1.807) is 0 Å². The topological polar surface area (TPSA) is 41.6 Å². The van der Waals surface area contributed by atoms with Crippen LogP contribution in [0.4, 0.5) is 28.4 Å². The third-order valence-electron chi connectivity index (χ3n) is 19.1. The third-order valence-corrected chi connectivity index (χ3v) is 19.1. The van der Waals surface area contributed by atoms with Crippen molar-refractivity contribution in [3.05, 3.63) is 276 Å². The number of hydrogen-bond donors (Lipinski definition) is 0. The van der Waals surface area contributed by atoms with Gasteiger partial charge in [-0.3, -0.25) is 0 Å². The molecular formula is C82H58N4O2. The Kier molecular flexibility index (Phi) is 10.7. The van der Waals surface area contributed by atoms with Gasteiger partial charge in [-0.15, -0.1) is 0 Å². The highest BCUT2D eigenvalue weighted by molar-refractivity contribution is 6.31. The molecule has 6 heterocycles. The van der Waals surface area contributed by atoms with Gasteiger partial charge in [0.1, 0.15) is 11.2 Å². The summed E-state index contributed by atoms with van der Waals surface area (Å²) >= 11 is 0. The molecule has 0 fully saturated rings. The number of rotatable bonds is 9. The molecule has 0 saturated carbocycles. The van der Waals surface area contributed by atoms with Gasteiger partial charge < -0.3 is 27.4 Å². The number of furan rings is 2. The Bertz CT molecular complexity index is 5950. The molecule has 88 heavy (non-hydrogen) atoms. The van der Waals surface area contributed by atoms with Gasteiger partial charge in [0.25, 0.3) is 0 Å². The largest absolute Gasteiger partial charge is 0.454 e. The summed E-state index contributed by atoms with van der Waals surface area (Å²) in [5, 5.41) is 13.0. The minimum Gasteiger partial charge on any atom is -0.454 e. The summed E-state index contributed by atoms with van der Waals surface area (Å²) < 4.78 is 19.6. The average Bonchev–Trinajstić information content (AvgIpc) is 1.53. The summed E-state index contributed by atoms with van der Waals surface area (Å²) in [6.45, 7) is 13.2. The Labute approximate surface area is 507 Å². The standard InChI is InChI=1S/C82H58N4O2/c1-47(2)75(79-51(6)56-31-17-34-59(80(56)87-79)54-29-15-13-23-48(54)3)83(52-25-9-7-10-26-52)67-39-21-41-69-73(67)63-37-18-32-57-65-46-72-66(45-71(65)85(69)77(57)63)58-33-19-38-64-74-68(40-22-42-70(74)86(72)78(58)64)84(53-27-11-8-12-28-53)76-50(5)43-44-62-61-36-20-35-60(81(61)88-82(62)76)55-30-16-14-24-49(55)4/h7-46H,1-6H3. The second-order valence-corrected chi connectivity index (χ2v) is 24.3. The van der Waals surface area contributed by atoms with E-state index < -0.39 is 0 Å². The smallest absolute Gasteiger partial charge is 0.159 e. The number of benzene rings is 12. The lowest BCUT2D eigenvalue weighted by Crippen LogP contribution is -2.17. The van der Waals surface area contributed by atoms with Gasteiger partial charge in [-0.05, 0) is 136 Å². The SMILES string of the molecule is CC(C)=C(c1oc2c(-c3ccccc3C)cccc2c1C)N(c1ccccc1)c1cccc2c1c1cccc3c4cc5c(cc4n2c31)c1cccc2c3c(N(c4ccccc4)c4c(C)ccc6c4oc4c(-c7ccccc7C)cccc46)cccc3n5c12. The molecule has 0 aliphatic carbocycles. The minimum absolute atomic E-state index is 0.867. The first kappa shape index (κ1) is 50.3. The van der Waals surface area contributed by atoms with E-state index in [1.165, 1.54) is 87.4 Å². The number of para-hydroxylation sites is 6. The van der Waals surface area contributed by atoms with Crippen LogP contribution >= 0.6 is 0 Å². The van der Waals surface area contributed by atoms with Crippen LogP contribution in [0.3, 0.4) is 0 Å². The predicted octanol–water partition coefficient (Wildman–Crippen LogP) is 23.3. The van der Waals surface area contributed by atoms with Gasteiger partial charge in [0.15, 0.2) is 11.3 Å². The molecule has 6 aromatic heterocycles. The van der Waals surface area contributed by atoms with Crippen molar-refractivity contribution in [2.45, 2.75) is 41.5 Å². The Balaban J connectivity index is 0.851. The maximum absolute atomic E-state index is 7.28. The van der Waals surface area contributed by atoms with Gasteiger partial charge in [-0.1, -0.05) is 182 Å². The molecule has 18 aromatic rings. The van der Waals surface area contributed by atoms with Crippen molar-refractivity contribution < 1.29 is 8.83 Å². The van der Waals surface area contributed by atoms with E-state index in [-0.39, 0.29) is 0 Å². The molecule has 0 amide bonds. The van der Waals surface area contributed by atoms with Gasteiger partial charge >= 0.3 is 0 Å².